The second-order valence-corrected chi connectivity index (χ2v) is 7.06. The molecule has 0 spiro atoms. The van der Waals surface area contributed by atoms with Gasteiger partial charge >= 0.3 is 0 Å². The van der Waals surface area contributed by atoms with Gasteiger partial charge in [0.2, 0.25) is 0 Å². The molecule has 0 fully saturated rings. The zero-order chi connectivity index (χ0) is 22.0. The van der Waals surface area contributed by atoms with E-state index in [0.29, 0.717) is 11.9 Å². The third-order valence-electron chi connectivity index (χ3n) is 5.00. The van der Waals surface area contributed by atoms with Gasteiger partial charge in [-0.15, -0.1) is 0 Å². The van der Waals surface area contributed by atoms with E-state index < -0.39 is 17.2 Å². The molecule has 0 saturated carbocycles. The van der Waals surface area contributed by atoms with Gasteiger partial charge in [0.25, 0.3) is 11.5 Å². The van der Waals surface area contributed by atoms with Crippen LogP contribution in [-0.4, -0.2) is 32.6 Å². The van der Waals surface area contributed by atoms with Crippen LogP contribution in [0.5, 0.6) is 5.75 Å². The van der Waals surface area contributed by atoms with Crippen LogP contribution in [0.25, 0.3) is 11.0 Å². The van der Waals surface area contributed by atoms with Gasteiger partial charge in [-0.05, 0) is 53.4 Å². The van der Waals surface area contributed by atoms with Crippen LogP contribution in [0.3, 0.4) is 0 Å². The van der Waals surface area contributed by atoms with Crippen LogP contribution in [0.4, 0.5) is 4.39 Å². The molecule has 0 saturated heterocycles. The van der Waals surface area contributed by atoms with Gasteiger partial charge in [-0.1, -0.05) is 12.1 Å². The van der Waals surface area contributed by atoms with Gasteiger partial charge in [0.05, 0.1) is 12.1 Å². The molecule has 4 rings (SSSR count). The number of carbonyl (C=O) groups excluding carboxylic acids is 1. The molecular weight excluding hydrogens is 399 g/mol. The van der Waals surface area contributed by atoms with Crippen LogP contribution < -0.4 is 10.9 Å². The highest BCUT2D eigenvalue weighted by atomic mass is 19.1. The molecule has 4 aromatic rings. The lowest BCUT2D eigenvalue weighted by Crippen LogP contribution is -2.32. The van der Waals surface area contributed by atoms with Crippen LogP contribution in [0.2, 0.25) is 0 Å². The number of aromatic hydroxyl groups is 1. The summed E-state index contributed by atoms with van der Waals surface area (Å²) in [5, 5.41) is 13.0. The first-order valence-electron chi connectivity index (χ1n) is 9.57. The van der Waals surface area contributed by atoms with Crippen molar-refractivity contribution in [3.8, 4) is 5.75 Å². The average molecular weight is 418 g/mol. The van der Waals surface area contributed by atoms with Gasteiger partial charge in [-0.25, -0.2) is 4.39 Å². The fourth-order valence-electron chi connectivity index (χ4n) is 3.44. The number of nitrogens with zero attached hydrogens (tertiary/aromatic N) is 3. The second kappa shape index (κ2) is 8.35. The van der Waals surface area contributed by atoms with Crippen molar-refractivity contribution in [1.29, 1.82) is 0 Å². The molecule has 1 amide bonds. The first-order chi connectivity index (χ1) is 15.0. The van der Waals surface area contributed by atoms with E-state index in [-0.39, 0.29) is 23.4 Å². The van der Waals surface area contributed by atoms with Crippen LogP contribution >= 0.6 is 0 Å². The largest absolute Gasteiger partial charge is 0.505 e. The standard InChI is InChI=1S/C23H19FN4O3/c1-25-22(30)19-21(29)20-18(28(23(19)31)13-15-6-8-26-9-7-15)11-16(12-27-20)10-14-2-4-17(24)5-3-14/h2-9,11-12,29H,10,13H2,1H3,(H,25,30). The molecule has 0 atom stereocenters. The maximum absolute atomic E-state index is 13.2. The first-order valence-corrected chi connectivity index (χ1v) is 9.57. The summed E-state index contributed by atoms with van der Waals surface area (Å²) in [6, 6.07) is 11.4. The number of hydrogen-bond donors (Lipinski definition) is 2. The Labute approximate surface area is 176 Å². The lowest BCUT2D eigenvalue weighted by molar-refractivity contribution is 0.0958. The summed E-state index contributed by atoms with van der Waals surface area (Å²) in [6.45, 7) is 0.170. The molecule has 8 heteroatoms. The normalized spacial score (nSPS) is 10.9. The fourth-order valence-corrected chi connectivity index (χ4v) is 3.44. The molecule has 0 radical (unpaired) electrons. The number of hydrogen-bond acceptors (Lipinski definition) is 5. The van der Waals surface area contributed by atoms with Crippen molar-refractivity contribution in [1.82, 2.24) is 19.9 Å². The van der Waals surface area contributed by atoms with Gasteiger partial charge in [0.1, 0.15) is 16.9 Å². The summed E-state index contributed by atoms with van der Waals surface area (Å²) in [5.41, 5.74) is 2.01. The molecule has 0 unspecified atom stereocenters. The Morgan fingerprint density at radius 1 is 1.10 bits per heavy atom. The molecule has 3 heterocycles. The summed E-state index contributed by atoms with van der Waals surface area (Å²) >= 11 is 0. The quantitative estimate of drug-likeness (QED) is 0.519. The number of carbonyl (C=O) groups is 1. The van der Waals surface area contributed by atoms with Crippen molar-refractivity contribution in [3.63, 3.8) is 0 Å². The van der Waals surface area contributed by atoms with Crippen molar-refractivity contribution >= 4 is 16.9 Å². The van der Waals surface area contributed by atoms with Crippen LogP contribution in [-0.2, 0) is 13.0 Å². The van der Waals surface area contributed by atoms with Crippen molar-refractivity contribution in [2.45, 2.75) is 13.0 Å². The van der Waals surface area contributed by atoms with Gasteiger partial charge < -0.3 is 15.0 Å². The number of nitrogens with one attached hydrogen (secondary N) is 1. The number of benzene rings is 1. The predicted octanol–water partition coefficient (Wildman–Crippen LogP) is 2.63. The lowest BCUT2D eigenvalue weighted by Gasteiger charge is -2.15. The van der Waals surface area contributed by atoms with Crippen molar-refractivity contribution in [2.24, 2.45) is 0 Å². The highest BCUT2D eigenvalue weighted by molar-refractivity contribution is 6.01. The highest BCUT2D eigenvalue weighted by Gasteiger charge is 2.22. The SMILES string of the molecule is CNC(=O)c1c(O)c2ncc(Cc3ccc(F)cc3)cc2n(Cc2ccncc2)c1=O. The van der Waals surface area contributed by atoms with E-state index in [1.807, 2.05) is 0 Å². The van der Waals surface area contributed by atoms with Gasteiger partial charge in [-0.3, -0.25) is 19.6 Å². The Morgan fingerprint density at radius 3 is 2.48 bits per heavy atom. The van der Waals surface area contributed by atoms with Crippen LogP contribution in [0.15, 0.2) is 65.8 Å². The molecule has 3 aromatic heterocycles. The topological polar surface area (TPSA) is 97.1 Å². The summed E-state index contributed by atoms with van der Waals surface area (Å²) < 4.78 is 14.6. The summed E-state index contributed by atoms with van der Waals surface area (Å²) in [5.74, 6) is -1.47. The van der Waals surface area contributed by atoms with Gasteiger partial charge in [0, 0.05) is 25.6 Å². The molecule has 31 heavy (non-hydrogen) atoms. The highest BCUT2D eigenvalue weighted by Crippen LogP contribution is 2.26. The lowest BCUT2D eigenvalue weighted by atomic mass is 10.0. The minimum absolute atomic E-state index is 0.148. The number of aromatic nitrogens is 3. The van der Waals surface area contributed by atoms with Crippen LogP contribution in [0.1, 0.15) is 27.0 Å². The molecule has 0 aliphatic heterocycles. The van der Waals surface area contributed by atoms with E-state index >= 15 is 0 Å². The fraction of sp³-hybridized carbons (Fsp3) is 0.130. The molecule has 0 bridgehead atoms. The Balaban J connectivity index is 1.89. The van der Waals surface area contributed by atoms with Crippen molar-refractivity contribution < 1.29 is 14.3 Å². The maximum atomic E-state index is 13.2. The first kappa shape index (κ1) is 20.2. The molecule has 0 aliphatic carbocycles. The van der Waals surface area contributed by atoms with E-state index in [0.717, 1.165) is 16.7 Å². The third kappa shape index (κ3) is 4.00. The van der Waals surface area contributed by atoms with Crippen molar-refractivity contribution in [3.05, 3.63) is 99.5 Å². The predicted molar refractivity (Wildman–Crippen MR) is 114 cm³/mol. The average Bonchev–Trinajstić information content (AvgIpc) is 2.78. The number of fused-ring (bicyclic) bond motifs is 1. The Kier molecular flexibility index (Phi) is 5.44. The maximum Gasteiger partial charge on any atom is 0.268 e. The smallest absolute Gasteiger partial charge is 0.268 e. The zero-order valence-electron chi connectivity index (χ0n) is 16.7. The van der Waals surface area contributed by atoms with E-state index in [4.69, 9.17) is 0 Å². The van der Waals surface area contributed by atoms with Crippen molar-refractivity contribution in [2.75, 3.05) is 7.05 Å². The second-order valence-electron chi connectivity index (χ2n) is 7.06. The molecule has 0 aliphatic rings. The summed E-state index contributed by atoms with van der Waals surface area (Å²) in [7, 11) is 1.39. The number of pyridine rings is 3. The van der Waals surface area contributed by atoms with E-state index in [2.05, 4.69) is 15.3 Å². The van der Waals surface area contributed by atoms with Crippen LogP contribution in [0, 0.1) is 5.82 Å². The Bertz CT molecular complexity index is 1320. The molecule has 2 N–H and O–H groups in total. The molecular formula is C23H19FN4O3. The third-order valence-corrected chi connectivity index (χ3v) is 5.00. The Hall–Kier alpha value is -4.07. The number of rotatable bonds is 5. The van der Waals surface area contributed by atoms with E-state index in [9.17, 15) is 19.1 Å². The number of amides is 1. The van der Waals surface area contributed by atoms with Gasteiger partial charge in [-0.2, -0.15) is 0 Å². The monoisotopic (exact) mass is 418 g/mol. The zero-order valence-corrected chi connectivity index (χ0v) is 16.7. The molecule has 156 valence electrons. The van der Waals surface area contributed by atoms with E-state index in [1.165, 1.54) is 23.7 Å². The minimum atomic E-state index is -0.690. The molecule has 7 nitrogen and oxygen atoms in total. The summed E-state index contributed by atoms with van der Waals surface area (Å²) in [4.78, 5) is 33.8. The van der Waals surface area contributed by atoms with Gasteiger partial charge in [0.15, 0.2) is 5.75 Å². The van der Waals surface area contributed by atoms with E-state index in [1.54, 1.807) is 48.9 Å². The minimum Gasteiger partial charge on any atom is -0.505 e. The Morgan fingerprint density at radius 2 is 1.81 bits per heavy atom. The molecule has 1 aromatic carbocycles. The summed E-state index contributed by atoms with van der Waals surface area (Å²) in [6.07, 6.45) is 5.26. The number of halogens is 1.